The highest BCUT2D eigenvalue weighted by atomic mass is 35.5. The molecule has 0 N–H and O–H groups in total. The van der Waals surface area contributed by atoms with Crippen LogP contribution in [0, 0.1) is 0 Å². The molecular weight excluding hydrogens is 429 g/mol. The number of benzene rings is 2. The second kappa shape index (κ2) is 8.02. The highest BCUT2D eigenvalue weighted by molar-refractivity contribution is 6.44. The first-order chi connectivity index (χ1) is 10.8. The molecule has 0 aliphatic carbocycles. The van der Waals surface area contributed by atoms with Gasteiger partial charge >= 0.3 is 5.97 Å². The molecule has 0 saturated carbocycles. The van der Waals surface area contributed by atoms with Crippen molar-refractivity contribution in [2.45, 2.75) is 0 Å². The number of esters is 1. The van der Waals surface area contributed by atoms with E-state index in [1.807, 2.05) is 0 Å². The van der Waals surface area contributed by atoms with Gasteiger partial charge in [0.05, 0.1) is 30.1 Å². The molecule has 122 valence electrons. The monoisotopic (exact) mass is 432 g/mol. The fourth-order valence-corrected chi connectivity index (χ4v) is 2.65. The van der Waals surface area contributed by atoms with Crippen LogP contribution in [0.15, 0.2) is 24.3 Å². The summed E-state index contributed by atoms with van der Waals surface area (Å²) in [6, 6.07) is 5.49. The van der Waals surface area contributed by atoms with E-state index in [1.54, 1.807) is 0 Å². The van der Waals surface area contributed by atoms with Crippen molar-refractivity contribution in [2.75, 3.05) is 6.61 Å². The van der Waals surface area contributed by atoms with Crippen molar-refractivity contribution < 1.29 is 14.3 Å². The summed E-state index contributed by atoms with van der Waals surface area (Å²) in [5.41, 5.74) is 0. The lowest BCUT2D eigenvalue weighted by Crippen LogP contribution is -2.18. The third-order valence-electron chi connectivity index (χ3n) is 2.52. The molecule has 0 spiro atoms. The van der Waals surface area contributed by atoms with Crippen LogP contribution < -0.4 is 9.47 Å². The van der Waals surface area contributed by atoms with Gasteiger partial charge in [-0.05, 0) is 12.1 Å². The second-order valence-electron chi connectivity index (χ2n) is 4.16. The summed E-state index contributed by atoms with van der Waals surface area (Å²) in [6.07, 6.45) is 0. The fourth-order valence-electron chi connectivity index (χ4n) is 1.49. The molecule has 0 aliphatic rings. The normalized spacial score (nSPS) is 10.5. The molecule has 0 atom stereocenters. The zero-order valence-electron chi connectivity index (χ0n) is 11.0. The van der Waals surface area contributed by atoms with Crippen molar-refractivity contribution in [1.29, 1.82) is 0 Å². The van der Waals surface area contributed by atoms with Crippen LogP contribution in [-0.2, 0) is 4.79 Å². The van der Waals surface area contributed by atoms with Crippen LogP contribution in [-0.4, -0.2) is 12.6 Å². The molecule has 0 fully saturated rings. The zero-order chi connectivity index (χ0) is 17.1. The van der Waals surface area contributed by atoms with E-state index in [-0.39, 0.29) is 41.6 Å². The Kier molecular flexibility index (Phi) is 6.55. The molecule has 0 radical (unpaired) electrons. The van der Waals surface area contributed by atoms with E-state index in [4.69, 9.17) is 79.1 Å². The molecule has 2 rings (SSSR count). The molecule has 0 aliphatic heterocycles. The van der Waals surface area contributed by atoms with Crippen LogP contribution in [0.25, 0.3) is 0 Å². The van der Waals surface area contributed by atoms with Gasteiger partial charge in [0, 0.05) is 12.1 Å². The van der Waals surface area contributed by atoms with E-state index in [9.17, 15) is 4.79 Å². The summed E-state index contributed by atoms with van der Waals surface area (Å²) in [5.74, 6) is -0.458. The lowest BCUT2D eigenvalue weighted by atomic mass is 10.3. The Morgan fingerprint density at radius 1 is 0.696 bits per heavy atom. The van der Waals surface area contributed by atoms with Crippen LogP contribution in [0.3, 0.4) is 0 Å². The van der Waals surface area contributed by atoms with E-state index in [1.165, 1.54) is 24.3 Å². The van der Waals surface area contributed by atoms with Crippen LogP contribution in [0.2, 0.25) is 30.1 Å². The minimum absolute atomic E-state index is 0.0647. The smallest absolute Gasteiger partial charge is 0.349 e. The average molecular weight is 435 g/mol. The number of hydrogen-bond acceptors (Lipinski definition) is 3. The van der Waals surface area contributed by atoms with E-state index in [0.717, 1.165) is 0 Å². The van der Waals surface area contributed by atoms with E-state index in [0.29, 0.717) is 0 Å². The number of carbonyl (C=O) groups is 1. The zero-order valence-corrected chi connectivity index (χ0v) is 15.5. The van der Waals surface area contributed by atoms with E-state index >= 15 is 0 Å². The highest BCUT2D eigenvalue weighted by Crippen LogP contribution is 2.35. The fraction of sp³-hybridized carbons (Fsp3) is 0.0714. The quantitative estimate of drug-likeness (QED) is 0.309. The maximum Gasteiger partial charge on any atom is 0.349 e. The Morgan fingerprint density at radius 2 is 1.13 bits per heavy atom. The molecule has 0 saturated heterocycles. The van der Waals surface area contributed by atoms with Crippen molar-refractivity contribution in [3.05, 3.63) is 54.4 Å². The predicted octanol–water partition coefficient (Wildman–Crippen LogP) is 6.59. The Morgan fingerprint density at radius 3 is 1.70 bits per heavy atom. The largest absolute Gasteiger partial charge is 0.480 e. The summed E-state index contributed by atoms with van der Waals surface area (Å²) < 4.78 is 10.3. The molecule has 2 aromatic rings. The number of carbonyl (C=O) groups excluding carboxylic acids is 1. The second-order valence-corrected chi connectivity index (χ2v) is 6.60. The summed E-state index contributed by atoms with van der Waals surface area (Å²) in [6.45, 7) is -0.422. The van der Waals surface area contributed by atoms with Gasteiger partial charge in [-0.2, -0.15) is 0 Å². The molecule has 0 bridgehead atoms. The molecule has 23 heavy (non-hydrogen) atoms. The van der Waals surface area contributed by atoms with Gasteiger partial charge in [0.15, 0.2) is 12.4 Å². The molecular formula is C14H6Cl6O3. The van der Waals surface area contributed by atoms with Crippen molar-refractivity contribution in [2.24, 2.45) is 0 Å². The first-order valence-corrected chi connectivity index (χ1v) is 8.17. The van der Waals surface area contributed by atoms with Crippen molar-refractivity contribution >= 4 is 75.6 Å². The van der Waals surface area contributed by atoms with Crippen LogP contribution in [0.1, 0.15) is 0 Å². The minimum Gasteiger partial charge on any atom is -0.480 e. The lowest BCUT2D eigenvalue weighted by molar-refractivity contribution is -0.136. The van der Waals surface area contributed by atoms with Crippen molar-refractivity contribution in [1.82, 2.24) is 0 Å². The van der Waals surface area contributed by atoms with Gasteiger partial charge in [0.25, 0.3) is 0 Å². The number of hydrogen-bond donors (Lipinski definition) is 0. The summed E-state index contributed by atoms with van der Waals surface area (Å²) in [4.78, 5) is 11.8. The molecule has 0 amide bonds. The highest BCUT2D eigenvalue weighted by Gasteiger charge is 2.14. The van der Waals surface area contributed by atoms with Gasteiger partial charge in [-0.3, -0.25) is 0 Å². The molecule has 0 heterocycles. The Hall–Kier alpha value is -0.550. The first kappa shape index (κ1) is 18.8. The summed E-state index contributed by atoms with van der Waals surface area (Å²) in [5, 5.41) is 1.31. The number of halogens is 6. The van der Waals surface area contributed by atoms with E-state index in [2.05, 4.69) is 0 Å². The van der Waals surface area contributed by atoms with Crippen LogP contribution in [0.5, 0.6) is 11.5 Å². The average Bonchev–Trinajstić information content (AvgIpc) is 2.47. The van der Waals surface area contributed by atoms with Gasteiger partial charge in [-0.15, -0.1) is 0 Å². The molecule has 0 unspecified atom stereocenters. The molecule has 9 heteroatoms. The standard InChI is InChI=1S/C14H6Cl6O3/c15-6-1-10(19)12(3-8(6)17)22-5-14(21)23-13-4-9(18)7(16)2-11(13)20/h1-4H,5H2. The third-order valence-corrected chi connectivity index (χ3v) is 4.55. The molecule has 2 aromatic carbocycles. The predicted molar refractivity (Wildman–Crippen MR) is 94.1 cm³/mol. The number of ether oxygens (including phenoxy) is 2. The van der Waals surface area contributed by atoms with Gasteiger partial charge in [-0.25, -0.2) is 4.79 Å². The SMILES string of the molecule is O=C(COc1cc(Cl)c(Cl)cc1Cl)Oc1cc(Cl)c(Cl)cc1Cl. The minimum atomic E-state index is -0.715. The number of rotatable bonds is 4. The van der Waals surface area contributed by atoms with E-state index < -0.39 is 12.6 Å². The Balaban J connectivity index is 2.04. The molecule has 3 nitrogen and oxygen atoms in total. The Bertz CT molecular complexity index is 763. The Labute approximate surface area is 161 Å². The lowest BCUT2D eigenvalue weighted by Gasteiger charge is -2.10. The van der Waals surface area contributed by atoms with Crippen LogP contribution in [0.4, 0.5) is 0 Å². The van der Waals surface area contributed by atoms with Gasteiger partial charge in [0.1, 0.15) is 5.75 Å². The maximum atomic E-state index is 11.8. The first-order valence-electron chi connectivity index (χ1n) is 5.90. The van der Waals surface area contributed by atoms with Crippen molar-refractivity contribution in [3.63, 3.8) is 0 Å². The summed E-state index contributed by atoms with van der Waals surface area (Å²) >= 11 is 35.1. The van der Waals surface area contributed by atoms with Gasteiger partial charge < -0.3 is 9.47 Å². The van der Waals surface area contributed by atoms with Crippen molar-refractivity contribution in [3.8, 4) is 11.5 Å². The third kappa shape index (κ3) is 4.96. The van der Waals surface area contributed by atoms with Crippen LogP contribution >= 0.6 is 69.6 Å². The topological polar surface area (TPSA) is 35.5 Å². The van der Waals surface area contributed by atoms with Gasteiger partial charge in [-0.1, -0.05) is 69.6 Å². The van der Waals surface area contributed by atoms with Gasteiger partial charge in [0.2, 0.25) is 0 Å². The maximum absolute atomic E-state index is 11.8. The molecule has 0 aromatic heterocycles. The summed E-state index contributed by atoms with van der Waals surface area (Å²) in [7, 11) is 0.